The van der Waals surface area contributed by atoms with Gasteiger partial charge in [-0.3, -0.25) is 0 Å². The minimum absolute atomic E-state index is 0.206. The van der Waals surface area contributed by atoms with Crippen molar-refractivity contribution in [2.45, 2.75) is 22.1 Å². The predicted molar refractivity (Wildman–Crippen MR) is 108 cm³/mol. The number of hydrogen-bond acceptors (Lipinski definition) is 3. The molecule has 0 bridgehead atoms. The number of pyridine rings is 1. The maximum Gasteiger partial charge on any atom is 0.418 e. The molecule has 2 heterocycles. The van der Waals surface area contributed by atoms with Gasteiger partial charge >= 0.3 is 6.18 Å². The lowest BCUT2D eigenvalue weighted by molar-refractivity contribution is -0.206. The van der Waals surface area contributed by atoms with Gasteiger partial charge in [-0.05, 0) is 47.5 Å². The predicted octanol–water partition coefficient (Wildman–Crippen LogP) is 6.63. The van der Waals surface area contributed by atoms with Crippen LogP contribution in [0.5, 0.6) is 0 Å². The number of aromatic amines is 1. The molecular weight excluding hydrogens is 421 g/mol. The lowest BCUT2D eigenvalue weighted by atomic mass is 10.0. The summed E-state index contributed by atoms with van der Waals surface area (Å²) in [7, 11) is 0. The first kappa shape index (κ1) is 19.8. The van der Waals surface area contributed by atoms with E-state index in [0.29, 0.717) is 16.2 Å². The molecule has 4 rings (SSSR count). The molecule has 0 spiro atoms. The fraction of sp³-hybridized carbons (Fsp3) is 0.0952. The second kappa shape index (κ2) is 7.74. The van der Waals surface area contributed by atoms with Gasteiger partial charge in [0.15, 0.2) is 6.10 Å². The van der Waals surface area contributed by atoms with Gasteiger partial charge in [-0.25, -0.2) is 4.98 Å². The van der Waals surface area contributed by atoms with Crippen molar-refractivity contribution in [1.29, 1.82) is 0 Å². The number of hydrogen-bond donors (Lipinski definition) is 2. The van der Waals surface area contributed by atoms with E-state index in [1.807, 2.05) is 24.3 Å². The topological polar surface area (TPSA) is 48.9 Å². The van der Waals surface area contributed by atoms with Crippen LogP contribution in [-0.4, -0.2) is 21.3 Å². The smallest absolute Gasteiger partial charge is 0.379 e. The summed E-state index contributed by atoms with van der Waals surface area (Å²) in [6, 6.07) is 16.8. The molecule has 0 radical (unpaired) electrons. The fourth-order valence-corrected chi connectivity index (χ4v) is 4.13. The average Bonchev–Trinajstić information content (AvgIpc) is 3.07. The normalized spacial score (nSPS) is 13.0. The van der Waals surface area contributed by atoms with E-state index < -0.39 is 12.3 Å². The van der Waals surface area contributed by atoms with Gasteiger partial charge in [0.05, 0.1) is 5.69 Å². The number of fused-ring (bicyclic) bond motifs is 1. The second-order valence-electron chi connectivity index (χ2n) is 6.35. The number of halogens is 4. The number of aromatic nitrogens is 2. The SMILES string of the molecule is OC(c1ccc(-c2[nH]c3ncccc3c2Sc2ccc(Cl)cc2)cc1)C(F)(F)F. The van der Waals surface area contributed by atoms with Gasteiger partial charge in [0.25, 0.3) is 0 Å². The van der Waals surface area contributed by atoms with Crippen molar-refractivity contribution in [1.82, 2.24) is 9.97 Å². The van der Waals surface area contributed by atoms with Crippen LogP contribution in [0.1, 0.15) is 11.7 Å². The van der Waals surface area contributed by atoms with Gasteiger partial charge in [0.2, 0.25) is 0 Å². The lowest BCUT2D eigenvalue weighted by Crippen LogP contribution is -2.19. The zero-order chi connectivity index (χ0) is 20.6. The number of benzene rings is 2. The Balaban J connectivity index is 1.76. The maximum atomic E-state index is 12.8. The van der Waals surface area contributed by atoms with E-state index in [-0.39, 0.29) is 5.56 Å². The molecule has 29 heavy (non-hydrogen) atoms. The summed E-state index contributed by atoms with van der Waals surface area (Å²) in [6.07, 6.45) is -5.55. The van der Waals surface area contributed by atoms with Crippen molar-refractivity contribution in [3.8, 4) is 11.3 Å². The van der Waals surface area contributed by atoms with Crippen molar-refractivity contribution in [3.05, 3.63) is 77.4 Å². The molecule has 0 aliphatic rings. The van der Waals surface area contributed by atoms with Crippen molar-refractivity contribution in [3.63, 3.8) is 0 Å². The summed E-state index contributed by atoms with van der Waals surface area (Å²) in [6.45, 7) is 0. The number of nitrogens with one attached hydrogen (secondary N) is 1. The van der Waals surface area contributed by atoms with E-state index in [0.717, 1.165) is 20.9 Å². The monoisotopic (exact) mass is 434 g/mol. The Morgan fingerprint density at radius 2 is 1.69 bits per heavy atom. The number of aliphatic hydroxyl groups excluding tert-OH is 1. The summed E-state index contributed by atoms with van der Waals surface area (Å²) in [5.41, 5.74) is 1.91. The molecule has 2 aromatic heterocycles. The van der Waals surface area contributed by atoms with E-state index in [9.17, 15) is 18.3 Å². The largest absolute Gasteiger partial charge is 0.418 e. The summed E-state index contributed by atoms with van der Waals surface area (Å²) in [4.78, 5) is 9.46. The van der Waals surface area contributed by atoms with Gasteiger partial charge in [-0.15, -0.1) is 0 Å². The fourth-order valence-electron chi connectivity index (χ4n) is 2.95. The first-order valence-corrected chi connectivity index (χ1v) is 9.77. The maximum absolute atomic E-state index is 12.8. The van der Waals surface area contributed by atoms with Gasteiger partial charge in [0, 0.05) is 26.4 Å². The third-order valence-electron chi connectivity index (χ3n) is 4.38. The van der Waals surface area contributed by atoms with Crippen LogP contribution in [-0.2, 0) is 0 Å². The van der Waals surface area contributed by atoms with Crippen LogP contribution in [0.25, 0.3) is 22.3 Å². The Kier molecular flexibility index (Phi) is 5.29. The van der Waals surface area contributed by atoms with Crippen molar-refractivity contribution in [2.75, 3.05) is 0 Å². The average molecular weight is 435 g/mol. The van der Waals surface area contributed by atoms with Gasteiger partial charge in [0.1, 0.15) is 5.65 Å². The Hall–Kier alpha value is -2.48. The Morgan fingerprint density at radius 1 is 1.00 bits per heavy atom. The third kappa shape index (κ3) is 4.12. The van der Waals surface area contributed by atoms with Crippen LogP contribution in [0, 0.1) is 0 Å². The summed E-state index contributed by atoms with van der Waals surface area (Å²) in [5, 5.41) is 11.0. The molecule has 3 nitrogen and oxygen atoms in total. The highest BCUT2D eigenvalue weighted by Crippen LogP contribution is 2.41. The molecule has 0 saturated heterocycles. The summed E-state index contributed by atoms with van der Waals surface area (Å²) >= 11 is 7.47. The molecule has 8 heteroatoms. The van der Waals surface area contributed by atoms with E-state index in [1.54, 1.807) is 30.5 Å². The van der Waals surface area contributed by atoms with Crippen LogP contribution in [0.4, 0.5) is 13.2 Å². The number of rotatable bonds is 4. The highest BCUT2D eigenvalue weighted by atomic mass is 35.5. The van der Waals surface area contributed by atoms with Gasteiger partial charge < -0.3 is 10.1 Å². The van der Waals surface area contributed by atoms with E-state index in [1.165, 1.54) is 23.9 Å². The molecule has 0 aliphatic carbocycles. The number of H-pyrrole nitrogens is 1. The highest BCUT2D eigenvalue weighted by Gasteiger charge is 2.39. The van der Waals surface area contributed by atoms with Crippen molar-refractivity contribution >= 4 is 34.4 Å². The molecule has 1 atom stereocenters. The van der Waals surface area contributed by atoms with Crippen molar-refractivity contribution in [2.24, 2.45) is 0 Å². The molecule has 0 aliphatic heterocycles. The van der Waals surface area contributed by atoms with Crippen LogP contribution < -0.4 is 0 Å². The molecule has 0 amide bonds. The van der Waals surface area contributed by atoms with Crippen LogP contribution in [0.3, 0.4) is 0 Å². The van der Waals surface area contributed by atoms with Crippen molar-refractivity contribution < 1.29 is 18.3 Å². The quantitative estimate of drug-likeness (QED) is 0.379. The lowest BCUT2D eigenvalue weighted by Gasteiger charge is -2.15. The Morgan fingerprint density at radius 3 is 2.34 bits per heavy atom. The molecule has 0 saturated carbocycles. The minimum Gasteiger partial charge on any atom is -0.379 e. The van der Waals surface area contributed by atoms with Gasteiger partial charge in [-0.2, -0.15) is 13.2 Å². The molecular formula is C21H14ClF3N2OS. The standard InChI is InChI=1S/C21H14ClF3N2OS/c22-14-7-9-15(10-8-14)29-18-16-2-1-11-26-20(16)27-17(18)12-3-5-13(6-4-12)19(28)21(23,24)25/h1-11,19,28H,(H,26,27). The first-order valence-electron chi connectivity index (χ1n) is 8.58. The van der Waals surface area contributed by atoms with Gasteiger partial charge in [-0.1, -0.05) is 47.6 Å². The number of nitrogens with zero attached hydrogens (tertiary/aromatic N) is 1. The minimum atomic E-state index is -4.71. The van der Waals surface area contributed by atoms with Crippen LogP contribution >= 0.6 is 23.4 Å². The van der Waals surface area contributed by atoms with E-state index in [4.69, 9.17) is 11.6 Å². The van der Waals surface area contributed by atoms with E-state index in [2.05, 4.69) is 9.97 Å². The third-order valence-corrected chi connectivity index (χ3v) is 5.77. The second-order valence-corrected chi connectivity index (χ2v) is 7.87. The summed E-state index contributed by atoms with van der Waals surface area (Å²) in [5.74, 6) is 0. The Labute approximate surface area is 173 Å². The molecule has 148 valence electrons. The molecule has 4 aromatic rings. The number of aliphatic hydroxyl groups is 1. The molecule has 1 unspecified atom stereocenters. The Bertz CT molecular complexity index is 1140. The zero-order valence-corrected chi connectivity index (χ0v) is 16.3. The first-order chi connectivity index (χ1) is 13.8. The highest BCUT2D eigenvalue weighted by molar-refractivity contribution is 7.99. The molecule has 2 aromatic carbocycles. The summed E-state index contributed by atoms with van der Waals surface area (Å²) < 4.78 is 38.3. The number of alkyl halides is 3. The van der Waals surface area contributed by atoms with Crippen LogP contribution in [0.15, 0.2) is 76.7 Å². The zero-order valence-electron chi connectivity index (χ0n) is 14.7. The van der Waals surface area contributed by atoms with E-state index >= 15 is 0 Å². The van der Waals surface area contributed by atoms with Crippen LogP contribution in [0.2, 0.25) is 5.02 Å². The molecule has 0 fully saturated rings. The molecule has 2 N–H and O–H groups in total.